The van der Waals surface area contributed by atoms with Crippen LogP contribution in [0.3, 0.4) is 0 Å². The molecule has 2 heterocycles. The van der Waals surface area contributed by atoms with Crippen LogP contribution in [0.2, 0.25) is 0 Å². The number of rotatable bonds is 2. The minimum Gasteiger partial charge on any atom is -0.493 e. The maximum Gasteiger partial charge on any atom is 0.416 e. The van der Waals surface area contributed by atoms with Crippen molar-refractivity contribution < 1.29 is 23.1 Å². The van der Waals surface area contributed by atoms with Gasteiger partial charge < -0.3 is 5.11 Å². The molecule has 0 bridgehead atoms. The van der Waals surface area contributed by atoms with Gasteiger partial charge >= 0.3 is 11.0 Å². The highest BCUT2D eigenvalue weighted by Gasteiger charge is 2.31. The molecule has 1 aromatic heterocycles. The number of nitrogens with zero attached hydrogens (tertiary/aromatic N) is 2. The summed E-state index contributed by atoms with van der Waals surface area (Å²) in [6, 6.07) is 10.6. The largest absolute Gasteiger partial charge is 0.493 e. The van der Waals surface area contributed by atoms with E-state index < -0.39 is 28.4 Å². The molecule has 3 aromatic rings. The second kappa shape index (κ2) is 5.92. The normalized spacial score (nSPS) is 13.6. The molecule has 0 radical (unpaired) electrons. The lowest BCUT2D eigenvalue weighted by Crippen LogP contribution is -2.22. The first-order valence-corrected chi connectivity index (χ1v) is 8.44. The summed E-state index contributed by atoms with van der Waals surface area (Å²) in [5, 5.41) is 11.4. The lowest BCUT2D eigenvalue weighted by molar-refractivity contribution is -0.137. The summed E-state index contributed by atoms with van der Waals surface area (Å²) in [7, 11) is 0. The minimum absolute atomic E-state index is 0.0314. The summed E-state index contributed by atoms with van der Waals surface area (Å²) in [5.41, 5.74) is -1.05. The quantitative estimate of drug-likeness (QED) is 0.728. The van der Waals surface area contributed by atoms with Crippen molar-refractivity contribution in [2.75, 3.05) is 0 Å². The van der Waals surface area contributed by atoms with Gasteiger partial charge in [-0.05, 0) is 24.3 Å². The van der Waals surface area contributed by atoms with Crippen LogP contribution in [0, 0.1) is 0 Å². The fraction of sp³-hybridized carbons (Fsp3) is 0.0556. The summed E-state index contributed by atoms with van der Waals surface area (Å²) in [6.07, 6.45) is -4.60. The molecule has 4 rings (SSSR count). The van der Waals surface area contributed by atoms with Crippen LogP contribution in [-0.4, -0.2) is 15.6 Å². The Hall–Kier alpha value is -3.20. The summed E-state index contributed by atoms with van der Waals surface area (Å²) < 4.78 is 39.6. The van der Waals surface area contributed by atoms with E-state index in [4.69, 9.17) is 0 Å². The number of alkyl halides is 3. The molecule has 0 spiro atoms. The van der Waals surface area contributed by atoms with Crippen molar-refractivity contribution in [1.82, 2.24) is 4.57 Å². The summed E-state index contributed by atoms with van der Waals surface area (Å²) in [5.74, 6) is -1.22. The van der Waals surface area contributed by atoms with E-state index in [1.54, 1.807) is 24.3 Å². The van der Waals surface area contributed by atoms with Gasteiger partial charge in [-0.25, -0.2) is 9.56 Å². The van der Waals surface area contributed by atoms with Gasteiger partial charge in [-0.2, -0.15) is 13.2 Å². The molecule has 0 aliphatic carbocycles. The summed E-state index contributed by atoms with van der Waals surface area (Å²) in [6.45, 7) is 0. The molecule has 1 amide bonds. The highest BCUT2D eigenvalue weighted by atomic mass is 32.1. The monoisotopic (exact) mass is 390 g/mol. The number of carbonyl (C=O) groups excluding carboxylic acids is 1. The van der Waals surface area contributed by atoms with E-state index in [1.165, 1.54) is 6.07 Å². The number of aromatic nitrogens is 1. The topological polar surface area (TPSA) is 71.7 Å². The van der Waals surface area contributed by atoms with Gasteiger partial charge in [-0.1, -0.05) is 35.6 Å². The van der Waals surface area contributed by atoms with E-state index in [1.807, 2.05) is 0 Å². The standard InChI is InChI=1S/C18H9F3N2O3S/c19-18(20,21)9-4-3-5-10(8-9)23-16(25)14(27-17(23)26)13-11-6-1-2-7-12(11)22-15(13)24/h1-8,25H. The van der Waals surface area contributed by atoms with Crippen molar-refractivity contribution in [2.45, 2.75) is 6.18 Å². The molecule has 5 nitrogen and oxygen atoms in total. The van der Waals surface area contributed by atoms with Crippen molar-refractivity contribution in [3.63, 3.8) is 0 Å². The zero-order valence-corrected chi connectivity index (χ0v) is 14.1. The lowest BCUT2D eigenvalue weighted by atomic mass is 10.1. The average molecular weight is 390 g/mol. The highest BCUT2D eigenvalue weighted by Crippen LogP contribution is 2.33. The minimum atomic E-state index is -4.60. The number of hydrogen-bond acceptors (Lipinski definition) is 4. The molecule has 0 saturated carbocycles. The maximum absolute atomic E-state index is 12.9. The van der Waals surface area contributed by atoms with Crippen LogP contribution >= 0.6 is 11.3 Å². The van der Waals surface area contributed by atoms with E-state index in [-0.39, 0.29) is 16.1 Å². The molecule has 1 N–H and O–H groups in total. The fourth-order valence-corrected chi connectivity index (χ4v) is 3.80. The number of fused-ring (bicyclic) bond motifs is 1. The van der Waals surface area contributed by atoms with Crippen molar-refractivity contribution >= 4 is 22.8 Å². The Kier molecular flexibility index (Phi) is 3.77. The van der Waals surface area contributed by atoms with Gasteiger partial charge in [0.25, 0.3) is 5.91 Å². The van der Waals surface area contributed by atoms with E-state index >= 15 is 0 Å². The van der Waals surface area contributed by atoms with Crippen molar-refractivity contribution in [3.8, 4) is 11.6 Å². The zero-order valence-electron chi connectivity index (χ0n) is 13.3. The van der Waals surface area contributed by atoms with Gasteiger partial charge in [0.15, 0.2) is 0 Å². The molecule has 136 valence electrons. The van der Waals surface area contributed by atoms with Crippen LogP contribution in [0.4, 0.5) is 13.2 Å². The van der Waals surface area contributed by atoms with Gasteiger partial charge in [-0.15, -0.1) is 0 Å². The third kappa shape index (κ3) is 2.76. The van der Waals surface area contributed by atoms with E-state index in [2.05, 4.69) is 4.99 Å². The Morgan fingerprint density at radius 2 is 1.78 bits per heavy atom. The smallest absolute Gasteiger partial charge is 0.416 e. The number of hydrogen-bond donors (Lipinski definition) is 1. The lowest BCUT2D eigenvalue weighted by Gasteiger charge is -2.09. The predicted molar refractivity (Wildman–Crippen MR) is 91.3 cm³/mol. The second-order valence-corrected chi connectivity index (χ2v) is 6.67. The predicted octanol–water partition coefficient (Wildman–Crippen LogP) is 1.98. The van der Waals surface area contributed by atoms with Crippen LogP contribution in [0.1, 0.15) is 10.4 Å². The average Bonchev–Trinajstić information content (AvgIpc) is 3.09. The molecule has 27 heavy (non-hydrogen) atoms. The van der Waals surface area contributed by atoms with Gasteiger partial charge in [0.1, 0.15) is 4.88 Å². The van der Waals surface area contributed by atoms with Crippen molar-refractivity contribution in [3.05, 3.63) is 79.2 Å². The van der Waals surface area contributed by atoms with Crippen LogP contribution in [0.15, 0.2) is 58.3 Å². The van der Waals surface area contributed by atoms with Gasteiger partial charge in [0, 0.05) is 5.22 Å². The summed E-state index contributed by atoms with van der Waals surface area (Å²) >= 11 is 0.572. The van der Waals surface area contributed by atoms with E-state index in [9.17, 15) is 27.9 Å². The Morgan fingerprint density at radius 1 is 1.04 bits per heavy atom. The fourth-order valence-electron chi connectivity index (χ4n) is 2.86. The molecule has 0 saturated heterocycles. The molecular formula is C18H9F3N2O3S. The number of para-hydroxylation sites is 1. The third-order valence-corrected chi connectivity index (χ3v) is 5.00. The van der Waals surface area contributed by atoms with Crippen LogP contribution in [0.25, 0.3) is 11.3 Å². The van der Waals surface area contributed by atoms with Crippen molar-refractivity contribution in [1.29, 1.82) is 0 Å². The Morgan fingerprint density at radius 3 is 2.52 bits per heavy atom. The zero-order chi connectivity index (χ0) is 19.3. The van der Waals surface area contributed by atoms with Gasteiger partial charge in [0.2, 0.25) is 5.88 Å². The van der Waals surface area contributed by atoms with E-state index in [0.29, 0.717) is 21.9 Å². The van der Waals surface area contributed by atoms with Crippen LogP contribution in [-0.2, 0) is 11.0 Å². The molecule has 0 unspecified atom stereocenters. The Bertz CT molecular complexity index is 1270. The maximum atomic E-state index is 12.9. The molecule has 0 fully saturated rings. The van der Waals surface area contributed by atoms with Gasteiger partial charge in [0.05, 0.1) is 22.2 Å². The van der Waals surface area contributed by atoms with Gasteiger partial charge in [-0.3, -0.25) is 9.59 Å². The van der Waals surface area contributed by atoms with Crippen molar-refractivity contribution in [2.24, 2.45) is 4.99 Å². The number of aromatic hydroxyl groups is 1. The molecule has 9 heteroatoms. The number of halogens is 3. The number of carbonyl (C=O) groups is 1. The number of thiazole rings is 1. The third-order valence-electron chi connectivity index (χ3n) is 4.05. The second-order valence-electron chi connectivity index (χ2n) is 5.71. The number of amides is 1. The number of benzene rings is 2. The first kappa shape index (κ1) is 17.2. The molecule has 2 aromatic carbocycles. The first-order valence-electron chi connectivity index (χ1n) is 7.62. The Balaban J connectivity index is 1.95. The van der Waals surface area contributed by atoms with Crippen LogP contribution in [0.5, 0.6) is 5.88 Å². The molecule has 1 aliphatic heterocycles. The Labute approximate surface area is 153 Å². The molecule has 0 atom stereocenters. The summed E-state index contributed by atoms with van der Waals surface area (Å²) in [4.78, 5) is 27.8. The van der Waals surface area contributed by atoms with Crippen LogP contribution < -0.4 is 15.4 Å². The SMILES string of the molecule is O=C1N=c2ccccc2=C1c1sc(=O)n(-c2cccc(C(F)(F)F)c2)c1O. The molecule has 1 aliphatic rings. The van der Waals surface area contributed by atoms with E-state index in [0.717, 1.165) is 22.8 Å². The highest BCUT2D eigenvalue weighted by molar-refractivity contribution is 7.11. The molecular weight excluding hydrogens is 381 g/mol. The first-order chi connectivity index (χ1) is 12.8.